The summed E-state index contributed by atoms with van der Waals surface area (Å²) in [5.74, 6) is 0.294. The summed E-state index contributed by atoms with van der Waals surface area (Å²) in [6.45, 7) is 4.74. The van der Waals surface area contributed by atoms with E-state index in [1.807, 2.05) is 12.1 Å². The third-order valence-electron chi connectivity index (χ3n) is 6.90. The predicted molar refractivity (Wildman–Crippen MR) is 156 cm³/mol. The second-order valence-electron chi connectivity index (χ2n) is 10.4. The van der Waals surface area contributed by atoms with Crippen LogP contribution in [0.25, 0.3) is 0 Å². The number of nitrogens with one attached hydrogen (secondary N) is 3. The molecular weight excluding hydrogens is 446 g/mol. The van der Waals surface area contributed by atoms with Gasteiger partial charge in [0.05, 0.1) is 0 Å². The molecule has 0 spiro atoms. The summed E-state index contributed by atoms with van der Waals surface area (Å²) in [5.41, 5.74) is 1.04. The molecule has 0 saturated carbocycles. The van der Waals surface area contributed by atoms with Crippen LogP contribution in [0.4, 0.5) is 10.5 Å². The van der Waals surface area contributed by atoms with Crippen molar-refractivity contribution in [2.75, 3.05) is 25.0 Å². The fraction of sp³-hybridized carbons (Fsp3) is 0.774. The molecule has 0 atom stereocenters. The van der Waals surface area contributed by atoms with Crippen LogP contribution in [-0.2, 0) is 0 Å². The van der Waals surface area contributed by atoms with E-state index >= 15 is 0 Å². The molecule has 208 valence electrons. The first-order valence-electron chi connectivity index (χ1n) is 15.3. The number of hydrogen-bond acceptors (Lipinski definition) is 3. The van der Waals surface area contributed by atoms with Crippen molar-refractivity contribution in [1.82, 2.24) is 10.6 Å². The number of hydrogen-bond donors (Lipinski definition) is 4. The van der Waals surface area contributed by atoms with Crippen LogP contribution in [0.3, 0.4) is 0 Å². The van der Waals surface area contributed by atoms with E-state index in [1.54, 1.807) is 12.1 Å². The molecule has 1 aromatic carbocycles. The molecule has 5 nitrogen and oxygen atoms in total. The molecule has 5 heteroatoms. The van der Waals surface area contributed by atoms with Crippen LogP contribution in [0.15, 0.2) is 24.3 Å². The van der Waals surface area contributed by atoms with E-state index < -0.39 is 0 Å². The first kappa shape index (κ1) is 32.1. The molecule has 2 amide bonds. The number of aromatic hydroxyl groups is 1. The molecule has 0 heterocycles. The van der Waals surface area contributed by atoms with Crippen molar-refractivity contribution in [2.24, 2.45) is 0 Å². The smallest absolute Gasteiger partial charge is 0.314 e. The Labute approximate surface area is 222 Å². The largest absolute Gasteiger partial charge is 0.508 e. The van der Waals surface area contributed by atoms with Gasteiger partial charge in [-0.25, -0.2) is 4.79 Å². The lowest BCUT2D eigenvalue weighted by Gasteiger charge is -2.08. The van der Waals surface area contributed by atoms with Gasteiger partial charge in [0.2, 0.25) is 0 Å². The number of amides is 2. The fourth-order valence-electron chi connectivity index (χ4n) is 4.55. The summed E-state index contributed by atoms with van der Waals surface area (Å²) in [5, 5.41) is 18.6. The Bertz CT molecular complexity index is 606. The molecule has 4 N–H and O–H groups in total. The van der Waals surface area contributed by atoms with Gasteiger partial charge in [-0.15, -0.1) is 0 Å². The number of carbonyl (C=O) groups is 1. The topological polar surface area (TPSA) is 73.4 Å². The van der Waals surface area contributed by atoms with E-state index in [0.717, 1.165) is 57.4 Å². The quantitative estimate of drug-likeness (QED) is 0.0794. The number of anilines is 1. The van der Waals surface area contributed by atoms with Gasteiger partial charge >= 0.3 is 6.03 Å². The molecule has 0 unspecified atom stereocenters. The van der Waals surface area contributed by atoms with Crippen molar-refractivity contribution >= 4 is 11.7 Å². The average molecular weight is 504 g/mol. The number of rotatable bonds is 25. The summed E-state index contributed by atoms with van der Waals surface area (Å²) in [6, 6.07) is 7.14. The lowest BCUT2D eigenvalue weighted by Crippen LogP contribution is -2.36. The summed E-state index contributed by atoms with van der Waals surface area (Å²) in [6.07, 6.45) is 26.3. The Balaban J connectivity index is 1.72. The molecule has 0 aliphatic carbocycles. The zero-order chi connectivity index (χ0) is 25.9. The molecule has 0 aromatic heterocycles. The SMILES string of the molecule is CCCCCCCCCCCCCCCCCCNC(=O)NCCCCCCNc1ccc(O)cc1. The Hall–Kier alpha value is -1.91. The number of unbranched alkanes of at least 4 members (excludes halogenated alkanes) is 18. The Morgan fingerprint density at radius 2 is 0.917 bits per heavy atom. The van der Waals surface area contributed by atoms with Crippen LogP contribution in [0.5, 0.6) is 5.75 Å². The molecule has 1 aromatic rings. The third-order valence-corrected chi connectivity index (χ3v) is 6.90. The monoisotopic (exact) mass is 503 g/mol. The minimum atomic E-state index is -0.0232. The highest BCUT2D eigenvalue weighted by Gasteiger charge is 1.99. The average Bonchev–Trinajstić information content (AvgIpc) is 2.88. The van der Waals surface area contributed by atoms with Gasteiger partial charge < -0.3 is 21.1 Å². The highest BCUT2D eigenvalue weighted by molar-refractivity contribution is 5.73. The summed E-state index contributed by atoms with van der Waals surface area (Å²) in [4.78, 5) is 11.9. The number of carbonyl (C=O) groups excluding carboxylic acids is 1. The summed E-state index contributed by atoms with van der Waals surface area (Å²) < 4.78 is 0. The van der Waals surface area contributed by atoms with Crippen LogP contribution < -0.4 is 16.0 Å². The van der Waals surface area contributed by atoms with Gasteiger partial charge in [-0.2, -0.15) is 0 Å². The van der Waals surface area contributed by atoms with Crippen LogP contribution in [0, 0.1) is 0 Å². The minimum Gasteiger partial charge on any atom is -0.508 e. The maximum absolute atomic E-state index is 11.9. The van der Waals surface area contributed by atoms with Gasteiger partial charge in [0.15, 0.2) is 0 Å². The second-order valence-corrected chi connectivity index (χ2v) is 10.4. The van der Waals surface area contributed by atoms with Crippen molar-refractivity contribution in [3.05, 3.63) is 24.3 Å². The van der Waals surface area contributed by atoms with Crippen LogP contribution in [-0.4, -0.2) is 30.8 Å². The number of phenols is 1. The molecule has 0 radical (unpaired) electrons. The van der Waals surface area contributed by atoms with Crippen molar-refractivity contribution in [1.29, 1.82) is 0 Å². The fourth-order valence-corrected chi connectivity index (χ4v) is 4.55. The molecule has 0 bridgehead atoms. The first-order valence-corrected chi connectivity index (χ1v) is 15.3. The van der Waals surface area contributed by atoms with Gasteiger partial charge in [-0.1, -0.05) is 116 Å². The van der Waals surface area contributed by atoms with E-state index in [4.69, 9.17) is 0 Å². The third kappa shape index (κ3) is 21.4. The van der Waals surface area contributed by atoms with Gasteiger partial charge in [0.25, 0.3) is 0 Å². The standard InChI is InChI=1S/C31H57N3O2/c1-2-3-4-5-6-7-8-9-10-11-12-13-14-15-16-20-27-33-31(36)34-28-21-18-17-19-26-32-29-22-24-30(35)25-23-29/h22-25,32,35H,2-21,26-28H2,1H3,(H2,33,34,36). The number of benzene rings is 1. The van der Waals surface area contributed by atoms with E-state index in [1.165, 1.54) is 96.3 Å². The molecule has 0 aliphatic heterocycles. The molecular formula is C31H57N3O2. The number of phenolic OH excluding ortho intramolecular Hbond substituents is 1. The van der Waals surface area contributed by atoms with Crippen LogP contribution >= 0.6 is 0 Å². The normalized spacial score (nSPS) is 10.9. The van der Waals surface area contributed by atoms with E-state index in [-0.39, 0.29) is 6.03 Å². The van der Waals surface area contributed by atoms with Gasteiger partial charge in [0.1, 0.15) is 5.75 Å². The van der Waals surface area contributed by atoms with Crippen molar-refractivity contribution < 1.29 is 9.90 Å². The van der Waals surface area contributed by atoms with Gasteiger partial charge in [0, 0.05) is 25.3 Å². The van der Waals surface area contributed by atoms with Gasteiger partial charge in [-0.05, 0) is 43.5 Å². The highest BCUT2D eigenvalue weighted by Crippen LogP contribution is 2.15. The van der Waals surface area contributed by atoms with Crippen molar-refractivity contribution in [3.8, 4) is 5.75 Å². The zero-order valence-electron chi connectivity index (χ0n) is 23.4. The van der Waals surface area contributed by atoms with Crippen molar-refractivity contribution in [3.63, 3.8) is 0 Å². The van der Waals surface area contributed by atoms with Gasteiger partial charge in [-0.3, -0.25) is 0 Å². The predicted octanol–water partition coefficient (Wildman–Crippen LogP) is 8.93. The lowest BCUT2D eigenvalue weighted by atomic mass is 10.0. The molecule has 0 aliphatic rings. The zero-order valence-corrected chi connectivity index (χ0v) is 23.4. The maximum Gasteiger partial charge on any atom is 0.314 e. The van der Waals surface area contributed by atoms with Crippen molar-refractivity contribution in [2.45, 2.75) is 135 Å². The van der Waals surface area contributed by atoms with E-state index in [9.17, 15) is 9.90 Å². The molecule has 0 fully saturated rings. The van der Waals surface area contributed by atoms with E-state index in [0.29, 0.717) is 5.75 Å². The number of urea groups is 1. The van der Waals surface area contributed by atoms with Crippen LogP contribution in [0.2, 0.25) is 0 Å². The Kier molecular flexibility index (Phi) is 22.1. The molecule has 1 rings (SSSR count). The Morgan fingerprint density at radius 3 is 1.33 bits per heavy atom. The van der Waals surface area contributed by atoms with E-state index in [2.05, 4.69) is 22.9 Å². The van der Waals surface area contributed by atoms with Crippen LogP contribution in [0.1, 0.15) is 135 Å². The lowest BCUT2D eigenvalue weighted by molar-refractivity contribution is 0.240. The summed E-state index contributed by atoms with van der Waals surface area (Å²) >= 11 is 0. The maximum atomic E-state index is 11.9. The first-order chi connectivity index (χ1) is 17.7. The summed E-state index contributed by atoms with van der Waals surface area (Å²) in [7, 11) is 0. The molecule has 0 saturated heterocycles. The second kappa shape index (κ2) is 24.8. The highest BCUT2D eigenvalue weighted by atomic mass is 16.3. The molecule has 36 heavy (non-hydrogen) atoms. The Morgan fingerprint density at radius 1 is 0.556 bits per heavy atom. The minimum absolute atomic E-state index is 0.0232.